The summed E-state index contributed by atoms with van der Waals surface area (Å²) in [5, 5.41) is 0. The van der Waals surface area contributed by atoms with Gasteiger partial charge in [-0.3, -0.25) is 9.59 Å². The zero-order chi connectivity index (χ0) is 23.4. The number of hydrogen-bond donors (Lipinski definition) is 0. The summed E-state index contributed by atoms with van der Waals surface area (Å²) in [4.78, 5) is 46.3. The van der Waals surface area contributed by atoms with Crippen LogP contribution in [0, 0.1) is 0 Å². The van der Waals surface area contributed by atoms with Crippen molar-refractivity contribution >= 4 is 23.9 Å². The van der Waals surface area contributed by atoms with Crippen molar-refractivity contribution in [3.63, 3.8) is 0 Å². The van der Waals surface area contributed by atoms with Crippen LogP contribution in [0.3, 0.4) is 0 Å². The van der Waals surface area contributed by atoms with E-state index in [1.807, 2.05) is 20.8 Å². The van der Waals surface area contributed by atoms with Gasteiger partial charge in [0.15, 0.2) is 0 Å². The molecule has 0 saturated heterocycles. The van der Waals surface area contributed by atoms with E-state index in [1.165, 1.54) is 6.07 Å². The molecule has 0 atom stereocenters. The lowest BCUT2D eigenvalue weighted by atomic mass is 9.81. The molecule has 0 radical (unpaired) electrons. The summed E-state index contributed by atoms with van der Waals surface area (Å²) in [7, 11) is 0. The van der Waals surface area contributed by atoms with Gasteiger partial charge in [-0.15, -0.1) is 0 Å². The second kappa shape index (κ2) is 12.3. The first kappa shape index (κ1) is 25.6. The standard InChI is InChI=1S/C23H28O8/c1-6-19(24)28-13-11-21(26)30-16-9-10-17(23(4,5)8-3)18(15-16)31-22(27)12-14-29-20(25)7-2/h6-7,9-10,15H,1-2,8,11-14H2,3-5H3. The normalized spacial score (nSPS) is 10.5. The molecule has 1 rings (SSSR count). The third-order valence-electron chi connectivity index (χ3n) is 4.46. The van der Waals surface area contributed by atoms with Crippen LogP contribution in [0.2, 0.25) is 0 Å². The van der Waals surface area contributed by atoms with Gasteiger partial charge in [-0.05, 0) is 17.9 Å². The summed E-state index contributed by atoms with van der Waals surface area (Å²) in [6, 6.07) is 4.78. The minimum absolute atomic E-state index is 0.143. The van der Waals surface area contributed by atoms with Crippen LogP contribution in [0.1, 0.15) is 45.6 Å². The zero-order valence-corrected chi connectivity index (χ0v) is 18.1. The number of esters is 4. The maximum atomic E-state index is 12.2. The van der Waals surface area contributed by atoms with Crippen LogP contribution in [0.5, 0.6) is 11.5 Å². The van der Waals surface area contributed by atoms with E-state index in [1.54, 1.807) is 12.1 Å². The molecule has 0 saturated carbocycles. The summed E-state index contributed by atoms with van der Waals surface area (Å²) >= 11 is 0. The van der Waals surface area contributed by atoms with Gasteiger partial charge in [0.05, 0.1) is 12.8 Å². The number of ether oxygens (including phenoxy) is 4. The van der Waals surface area contributed by atoms with Crippen LogP contribution >= 0.6 is 0 Å². The van der Waals surface area contributed by atoms with Crippen molar-refractivity contribution in [3.05, 3.63) is 49.1 Å². The molecule has 0 aliphatic heterocycles. The Kier molecular flexibility index (Phi) is 10.2. The highest BCUT2D eigenvalue weighted by Gasteiger charge is 2.25. The Morgan fingerprint density at radius 2 is 1.42 bits per heavy atom. The average Bonchev–Trinajstić information content (AvgIpc) is 2.73. The minimum atomic E-state index is -0.632. The number of benzene rings is 1. The first-order valence-electron chi connectivity index (χ1n) is 9.77. The lowest BCUT2D eigenvalue weighted by molar-refractivity contribution is -0.143. The Labute approximate surface area is 181 Å². The van der Waals surface area contributed by atoms with Crippen LogP contribution in [0.4, 0.5) is 0 Å². The van der Waals surface area contributed by atoms with Crippen molar-refractivity contribution < 1.29 is 38.1 Å². The third kappa shape index (κ3) is 8.86. The maximum Gasteiger partial charge on any atom is 0.330 e. The van der Waals surface area contributed by atoms with Gasteiger partial charge in [0, 0.05) is 23.8 Å². The second-order valence-corrected chi connectivity index (χ2v) is 7.09. The van der Waals surface area contributed by atoms with Gasteiger partial charge in [-0.1, -0.05) is 40.0 Å². The van der Waals surface area contributed by atoms with E-state index in [0.717, 1.165) is 24.1 Å². The largest absolute Gasteiger partial charge is 0.462 e. The Morgan fingerprint density at radius 1 is 0.903 bits per heavy atom. The topological polar surface area (TPSA) is 105 Å². The van der Waals surface area contributed by atoms with Gasteiger partial charge in [0.1, 0.15) is 24.7 Å². The summed E-state index contributed by atoms with van der Waals surface area (Å²) < 4.78 is 20.3. The fraction of sp³-hybridized carbons (Fsp3) is 0.391. The van der Waals surface area contributed by atoms with Crippen LogP contribution < -0.4 is 9.47 Å². The highest BCUT2D eigenvalue weighted by Crippen LogP contribution is 2.37. The Bertz CT molecular complexity index is 838. The Balaban J connectivity index is 2.89. The van der Waals surface area contributed by atoms with E-state index in [4.69, 9.17) is 18.9 Å². The smallest absolute Gasteiger partial charge is 0.330 e. The highest BCUT2D eigenvalue weighted by molar-refractivity contribution is 5.82. The van der Waals surface area contributed by atoms with E-state index >= 15 is 0 Å². The van der Waals surface area contributed by atoms with Crippen molar-refractivity contribution in [2.45, 2.75) is 45.4 Å². The molecule has 0 unspecified atom stereocenters. The summed E-state index contributed by atoms with van der Waals surface area (Å²) in [6.07, 6.45) is 2.47. The van der Waals surface area contributed by atoms with Crippen molar-refractivity contribution in [1.82, 2.24) is 0 Å². The Hall–Kier alpha value is -3.42. The first-order chi connectivity index (χ1) is 14.6. The summed E-state index contributed by atoms with van der Waals surface area (Å²) in [6.45, 7) is 12.2. The van der Waals surface area contributed by atoms with Gasteiger partial charge in [0.2, 0.25) is 0 Å². The quantitative estimate of drug-likeness (QED) is 0.281. The molecule has 0 heterocycles. The van der Waals surface area contributed by atoms with Crippen molar-refractivity contribution in [3.8, 4) is 11.5 Å². The lowest BCUT2D eigenvalue weighted by Crippen LogP contribution is -2.20. The molecule has 0 amide bonds. The van der Waals surface area contributed by atoms with Crippen LogP contribution in [0.25, 0.3) is 0 Å². The van der Waals surface area contributed by atoms with E-state index < -0.39 is 23.9 Å². The highest BCUT2D eigenvalue weighted by atomic mass is 16.6. The SMILES string of the molecule is C=CC(=O)OCCC(=O)Oc1ccc(C(C)(C)CC)c(OC(=O)CCOC(=O)C=C)c1. The Morgan fingerprint density at radius 3 is 1.90 bits per heavy atom. The molecule has 0 spiro atoms. The van der Waals surface area contributed by atoms with Crippen LogP contribution in [0.15, 0.2) is 43.5 Å². The molecule has 0 aromatic heterocycles. The molecule has 0 fully saturated rings. The predicted molar refractivity (Wildman–Crippen MR) is 113 cm³/mol. The first-order valence-corrected chi connectivity index (χ1v) is 9.77. The van der Waals surface area contributed by atoms with E-state index in [9.17, 15) is 19.2 Å². The minimum Gasteiger partial charge on any atom is -0.462 e. The van der Waals surface area contributed by atoms with Crippen LogP contribution in [-0.4, -0.2) is 37.1 Å². The molecule has 0 aliphatic rings. The third-order valence-corrected chi connectivity index (χ3v) is 4.46. The second-order valence-electron chi connectivity index (χ2n) is 7.09. The van der Waals surface area contributed by atoms with Gasteiger partial charge >= 0.3 is 23.9 Å². The van der Waals surface area contributed by atoms with Gasteiger partial charge in [0.25, 0.3) is 0 Å². The molecule has 1 aromatic carbocycles. The number of rotatable bonds is 12. The van der Waals surface area contributed by atoms with Crippen molar-refractivity contribution in [1.29, 1.82) is 0 Å². The molecular weight excluding hydrogens is 404 g/mol. The molecule has 8 heteroatoms. The van der Waals surface area contributed by atoms with E-state index in [0.29, 0.717) is 0 Å². The zero-order valence-electron chi connectivity index (χ0n) is 18.1. The number of hydrogen-bond acceptors (Lipinski definition) is 8. The fourth-order valence-corrected chi connectivity index (χ4v) is 2.34. The maximum absolute atomic E-state index is 12.2. The molecule has 0 aliphatic carbocycles. The molecule has 8 nitrogen and oxygen atoms in total. The van der Waals surface area contributed by atoms with Crippen LogP contribution in [-0.2, 0) is 34.1 Å². The average molecular weight is 432 g/mol. The number of carbonyl (C=O) groups excluding carboxylic acids is 4. The molecular formula is C23H28O8. The molecule has 31 heavy (non-hydrogen) atoms. The molecule has 168 valence electrons. The predicted octanol–water partition coefficient (Wildman–Crippen LogP) is 3.42. The molecule has 1 aromatic rings. The monoisotopic (exact) mass is 432 g/mol. The summed E-state index contributed by atoms with van der Waals surface area (Å²) in [5.41, 5.74) is 0.443. The van der Waals surface area contributed by atoms with E-state index in [2.05, 4.69) is 13.2 Å². The lowest BCUT2D eigenvalue weighted by Gasteiger charge is -2.26. The summed E-state index contributed by atoms with van der Waals surface area (Å²) in [5.74, 6) is -2.06. The molecule has 0 N–H and O–H groups in total. The van der Waals surface area contributed by atoms with E-state index in [-0.39, 0.29) is 43.0 Å². The van der Waals surface area contributed by atoms with Crippen molar-refractivity contribution in [2.24, 2.45) is 0 Å². The molecule has 0 bridgehead atoms. The fourth-order valence-electron chi connectivity index (χ4n) is 2.34. The van der Waals surface area contributed by atoms with Gasteiger partial charge in [-0.2, -0.15) is 0 Å². The van der Waals surface area contributed by atoms with Gasteiger partial charge < -0.3 is 18.9 Å². The van der Waals surface area contributed by atoms with Crippen molar-refractivity contribution in [2.75, 3.05) is 13.2 Å². The van der Waals surface area contributed by atoms with Gasteiger partial charge in [-0.25, -0.2) is 9.59 Å². The number of carbonyl (C=O) groups is 4.